The van der Waals surface area contributed by atoms with Crippen molar-refractivity contribution in [3.05, 3.63) is 29.3 Å². The van der Waals surface area contributed by atoms with Gasteiger partial charge in [-0.05, 0) is 37.1 Å². The minimum Gasteiger partial charge on any atom is -0.369 e. The van der Waals surface area contributed by atoms with Crippen molar-refractivity contribution < 1.29 is 9.53 Å². The van der Waals surface area contributed by atoms with Crippen LogP contribution in [0.25, 0.3) is 0 Å². The summed E-state index contributed by atoms with van der Waals surface area (Å²) in [6.07, 6.45) is 0. The van der Waals surface area contributed by atoms with Crippen LogP contribution in [0.5, 0.6) is 0 Å². The molecule has 1 aromatic rings. The number of hydrogen-bond acceptors (Lipinski definition) is 3. The van der Waals surface area contributed by atoms with Crippen molar-refractivity contribution in [2.24, 2.45) is 5.73 Å². The number of amides is 1. The highest BCUT2D eigenvalue weighted by atomic mass is 16.5. The van der Waals surface area contributed by atoms with Crippen LogP contribution in [-0.4, -0.2) is 31.7 Å². The van der Waals surface area contributed by atoms with Crippen molar-refractivity contribution in [3.8, 4) is 0 Å². The number of nitrogens with zero attached hydrogens (tertiary/aromatic N) is 1. The van der Waals surface area contributed by atoms with Gasteiger partial charge < -0.3 is 15.4 Å². The molecule has 1 aliphatic rings. The average Bonchev–Trinajstić information content (AvgIpc) is 2.27. The third-order valence-corrected chi connectivity index (χ3v) is 2.93. The van der Waals surface area contributed by atoms with E-state index in [2.05, 4.69) is 6.07 Å². The summed E-state index contributed by atoms with van der Waals surface area (Å²) in [6.45, 7) is 5.12. The van der Waals surface area contributed by atoms with Gasteiger partial charge >= 0.3 is 0 Å². The van der Waals surface area contributed by atoms with E-state index in [1.54, 1.807) is 4.90 Å². The van der Waals surface area contributed by atoms with E-state index in [0.717, 1.165) is 16.8 Å². The molecule has 4 nitrogen and oxygen atoms in total. The molecule has 2 rings (SSSR count). The Bertz CT molecular complexity index is 411. The van der Waals surface area contributed by atoms with Gasteiger partial charge in [-0.3, -0.25) is 4.79 Å². The van der Waals surface area contributed by atoms with Crippen LogP contribution in [0.1, 0.15) is 11.1 Å². The third-order valence-electron chi connectivity index (χ3n) is 2.93. The maximum atomic E-state index is 11.9. The lowest BCUT2D eigenvalue weighted by atomic mass is 10.1. The van der Waals surface area contributed by atoms with Crippen molar-refractivity contribution in [1.29, 1.82) is 0 Å². The molecule has 0 aromatic heterocycles. The van der Waals surface area contributed by atoms with Crippen LogP contribution in [0, 0.1) is 13.8 Å². The van der Waals surface area contributed by atoms with Gasteiger partial charge in [0.2, 0.25) is 0 Å². The highest BCUT2D eigenvalue weighted by Gasteiger charge is 2.29. The van der Waals surface area contributed by atoms with Crippen LogP contribution in [0.4, 0.5) is 5.69 Å². The first-order valence-electron chi connectivity index (χ1n) is 5.80. The molecule has 0 bridgehead atoms. The quantitative estimate of drug-likeness (QED) is 0.830. The van der Waals surface area contributed by atoms with Gasteiger partial charge in [-0.15, -0.1) is 0 Å². The monoisotopic (exact) mass is 234 g/mol. The van der Waals surface area contributed by atoms with Crippen LogP contribution in [0.3, 0.4) is 0 Å². The first-order chi connectivity index (χ1) is 8.11. The Labute approximate surface area is 101 Å². The number of hydrogen-bond donors (Lipinski definition) is 1. The summed E-state index contributed by atoms with van der Waals surface area (Å²) < 4.78 is 5.23. The zero-order chi connectivity index (χ0) is 12.4. The first kappa shape index (κ1) is 12.1. The van der Waals surface area contributed by atoms with Gasteiger partial charge in [0, 0.05) is 12.2 Å². The van der Waals surface area contributed by atoms with Gasteiger partial charge in [-0.25, -0.2) is 0 Å². The molecule has 92 valence electrons. The number of nitrogens with two attached hydrogens (primary N) is 1. The Morgan fingerprint density at radius 1 is 1.35 bits per heavy atom. The summed E-state index contributed by atoms with van der Waals surface area (Å²) in [5.41, 5.74) is 8.91. The average molecular weight is 234 g/mol. The number of benzene rings is 1. The Hall–Kier alpha value is -1.39. The van der Waals surface area contributed by atoms with E-state index in [0.29, 0.717) is 13.2 Å². The van der Waals surface area contributed by atoms with E-state index < -0.39 is 0 Å². The van der Waals surface area contributed by atoms with E-state index in [9.17, 15) is 4.79 Å². The van der Waals surface area contributed by atoms with Crippen LogP contribution in [0.15, 0.2) is 18.2 Å². The second kappa shape index (κ2) is 4.85. The first-order valence-corrected chi connectivity index (χ1v) is 5.80. The normalized spacial score (nSPS) is 20.8. The fraction of sp³-hybridized carbons (Fsp3) is 0.462. The Morgan fingerprint density at radius 3 is 2.59 bits per heavy atom. The minimum absolute atomic E-state index is 0.0169. The number of rotatable bonds is 2. The SMILES string of the molecule is Cc1cc(C)cc(N2C(=O)COCC2CN)c1. The summed E-state index contributed by atoms with van der Waals surface area (Å²) in [7, 11) is 0. The second-order valence-corrected chi connectivity index (χ2v) is 4.51. The van der Waals surface area contributed by atoms with Gasteiger partial charge in [-0.2, -0.15) is 0 Å². The molecule has 17 heavy (non-hydrogen) atoms. The maximum absolute atomic E-state index is 11.9. The molecular weight excluding hydrogens is 216 g/mol. The van der Waals surface area contributed by atoms with Crippen molar-refractivity contribution in [3.63, 3.8) is 0 Å². The number of ether oxygens (including phenoxy) is 1. The van der Waals surface area contributed by atoms with Gasteiger partial charge in [0.1, 0.15) is 6.61 Å². The fourth-order valence-electron chi connectivity index (χ4n) is 2.25. The zero-order valence-corrected chi connectivity index (χ0v) is 10.3. The summed E-state index contributed by atoms with van der Waals surface area (Å²) in [5.74, 6) is -0.0169. The molecule has 1 atom stereocenters. The standard InChI is InChI=1S/C13H18N2O2/c1-9-3-10(2)5-11(4-9)15-12(6-14)7-17-8-13(15)16/h3-5,12H,6-8,14H2,1-2H3. The molecule has 1 amide bonds. The van der Waals surface area contributed by atoms with E-state index in [1.165, 1.54) is 0 Å². The fourth-order valence-corrected chi connectivity index (χ4v) is 2.25. The summed E-state index contributed by atoms with van der Waals surface area (Å²) in [4.78, 5) is 13.7. The molecule has 1 unspecified atom stereocenters. The predicted molar refractivity (Wildman–Crippen MR) is 67.1 cm³/mol. The number of carbonyl (C=O) groups excluding carboxylic acids is 1. The smallest absolute Gasteiger partial charge is 0.253 e. The Morgan fingerprint density at radius 2 is 2.00 bits per heavy atom. The van der Waals surface area contributed by atoms with Crippen molar-refractivity contribution >= 4 is 11.6 Å². The van der Waals surface area contributed by atoms with Crippen LogP contribution in [0.2, 0.25) is 0 Å². The molecule has 4 heteroatoms. The molecule has 1 fully saturated rings. The Kier molecular flexibility index (Phi) is 3.45. The van der Waals surface area contributed by atoms with E-state index in [4.69, 9.17) is 10.5 Å². The molecule has 1 saturated heterocycles. The number of carbonyl (C=O) groups is 1. The van der Waals surface area contributed by atoms with Gasteiger partial charge in [0.15, 0.2) is 0 Å². The van der Waals surface area contributed by atoms with E-state index in [-0.39, 0.29) is 18.6 Å². The molecule has 1 heterocycles. The molecule has 1 aliphatic heterocycles. The highest BCUT2D eigenvalue weighted by Crippen LogP contribution is 2.23. The van der Waals surface area contributed by atoms with Crippen LogP contribution < -0.4 is 10.6 Å². The van der Waals surface area contributed by atoms with Gasteiger partial charge in [0.05, 0.1) is 12.6 Å². The largest absolute Gasteiger partial charge is 0.369 e. The third kappa shape index (κ3) is 2.48. The molecule has 0 spiro atoms. The zero-order valence-electron chi connectivity index (χ0n) is 10.3. The van der Waals surface area contributed by atoms with Crippen molar-refractivity contribution in [2.75, 3.05) is 24.7 Å². The van der Waals surface area contributed by atoms with Crippen molar-refractivity contribution in [2.45, 2.75) is 19.9 Å². The molecular formula is C13H18N2O2. The molecule has 2 N–H and O–H groups in total. The lowest BCUT2D eigenvalue weighted by molar-refractivity contribution is -0.127. The van der Waals surface area contributed by atoms with Gasteiger partial charge in [-0.1, -0.05) is 6.07 Å². The lowest BCUT2D eigenvalue weighted by Crippen LogP contribution is -2.53. The number of morpholine rings is 1. The number of aryl methyl sites for hydroxylation is 2. The number of anilines is 1. The molecule has 0 saturated carbocycles. The highest BCUT2D eigenvalue weighted by molar-refractivity contribution is 5.95. The Balaban J connectivity index is 2.37. The van der Waals surface area contributed by atoms with E-state index >= 15 is 0 Å². The molecule has 0 radical (unpaired) electrons. The summed E-state index contributed by atoms with van der Waals surface area (Å²) in [5, 5.41) is 0. The van der Waals surface area contributed by atoms with Gasteiger partial charge in [0.25, 0.3) is 5.91 Å². The lowest BCUT2D eigenvalue weighted by Gasteiger charge is -2.35. The topological polar surface area (TPSA) is 55.6 Å². The second-order valence-electron chi connectivity index (χ2n) is 4.51. The maximum Gasteiger partial charge on any atom is 0.253 e. The van der Waals surface area contributed by atoms with Crippen LogP contribution in [-0.2, 0) is 9.53 Å². The van der Waals surface area contributed by atoms with Crippen molar-refractivity contribution in [1.82, 2.24) is 0 Å². The van der Waals surface area contributed by atoms with E-state index in [1.807, 2.05) is 26.0 Å². The minimum atomic E-state index is -0.0579. The summed E-state index contributed by atoms with van der Waals surface area (Å²) >= 11 is 0. The molecule has 0 aliphatic carbocycles. The molecule has 1 aromatic carbocycles. The predicted octanol–water partition coefficient (Wildman–Crippen LogP) is 0.994. The van der Waals surface area contributed by atoms with Crippen LogP contribution >= 0.6 is 0 Å². The summed E-state index contributed by atoms with van der Waals surface area (Å²) in [6, 6.07) is 6.06.